The third-order valence-electron chi connectivity index (χ3n) is 2.92. The van der Waals surface area contributed by atoms with E-state index in [-0.39, 0.29) is 5.75 Å². The Labute approximate surface area is 142 Å². The molecule has 0 bridgehead atoms. The SMILES string of the molecule is O=C(O)COc1ccccc1NS(=O)(=O)c1c(F)c(F)c(F)c(F)c1F. The van der Waals surface area contributed by atoms with Crippen LogP contribution in [-0.4, -0.2) is 26.1 Å². The molecule has 0 atom stereocenters. The van der Waals surface area contributed by atoms with Crippen LogP contribution < -0.4 is 9.46 Å². The Morgan fingerprint density at radius 3 is 2.00 bits per heavy atom. The molecule has 0 aliphatic carbocycles. The lowest BCUT2D eigenvalue weighted by Crippen LogP contribution is -2.20. The molecule has 2 aromatic rings. The second-order valence-electron chi connectivity index (χ2n) is 4.68. The predicted octanol–water partition coefficient (Wildman–Crippen LogP) is 2.65. The van der Waals surface area contributed by atoms with Gasteiger partial charge in [0.25, 0.3) is 10.0 Å². The Kier molecular flexibility index (Phi) is 5.35. The summed E-state index contributed by atoms with van der Waals surface area (Å²) in [6, 6.07) is 4.73. The maximum Gasteiger partial charge on any atom is 0.341 e. The van der Waals surface area contributed by atoms with Crippen LogP contribution in [0.25, 0.3) is 0 Å². The third-order valence-corrected chi connectivity index (χ3v) is 4.31. The first kappa shape index (κ1) is 19.4. The normalized spacial score (nSPS) is 11.3. The first-order valence-electron chi connectivity index (χ1n) is 6.54. The van der Waals surface area contributed by atoms with Crippen LogP contribution >= 0.6 is 0 Å². The van der Waals surface area contributed by atoms with Crippen molar-refractivity contribution in [3.63, 3.8) is 0 Å². The van der Waals surface area contributed by atoms with Gasteiger partial charge in [0.1, 0.15) is 5.75 Å². The van der Waals surface area contributed by atoms with Gasteiger partial charge in [-0.15, -0.1) is 0 Å². The molecular weight excluding hydrogens is 389 g/mol. The Bertz CT molecular complexity index is 951. The van der Waals surface area contributed by atoms with Crippen molar-refractivity contribution in [2.45, 2.75) is 4.90 Å². The van der Waals surface area contributed by atoms with Crippen LogP contribution in [0.15, 0.2) is 29.2 Å². The summed E-state index contributed by atoms with van der Waals surface area (Å²) in [7, 11) is -5.27. The second-order valence-corrected chi connectivity index (χ2v) is 6.30. The molecule has 12 heteroatoms. The fourth-order valence-electron chi connectivity index (χ4n) is 1.83. The number of anilines is 1. The van der Waals surface area contributed by atoms with Gasteiger partial charge < -0.3 is 9.84 Å². The van der Waals surface area contributed by atoms with E-state index in [2.05, 4.69) is 0 Å². The Hall–Kier alpha value is -2.89. The van der Waals surface area contributed by atoms with Gasteiger partial charge in [-0.1, -0.05) is 12.1 Å². The molecule has 0 heterocycles. The number of carboxylic acid groups (broad SMARTS) is 1. The number of rotatable bonds is 6. The van der Waals surface area contributed by atoms with Gasteiger partial charge in [0.15, 0.2) is 34.8 Å². The number of nitrogens with one attached hydrogen (secondary N) is 1. The molecule has 0 saturated heterocycles. The van der Waals surface area contributed by atoms with E-state index in [1.54, 1.807) is 4.72 Å². The summed E-state index contributed by atoms with van der Waals surface area (Å²) in [4.78, 5) is 8.42. The molecule has 0 unspecified atom stereocenters. The van der Waals surface area contributed by atoms with E-state index in [1.165, 1.54) is 12.1 Å². The smallest absolute Gasteiger partial charge is 0.341 e. The topological polar surface area (TPSA) is 92.7 Å². The first-order valence-corrected chi connectivity index (χ1v) is 8.02. The highest BCUT2D eigenvalue weighted by Gasteiger charge is 2.34. The van der Waals surface area contributed by atoms with Crippen LogP contribution in [0.1, 0.15) is 0 Å². The zero-order valence-corrected chi connectivity index (χ0v) is 13.2. The minimum atomic E-state index is -5.27. The Balaban J connectivity index is 2.51. The number of para-hydroxylation sites is 2. The van der Waals surface area contributed by atoms with Gasteiger partial charge in [-0.3, -0.25) is 4.72 Å². The van der Waals surface area contributed by atoms with Crippen LogP contribution in [-0.2, 0) is 14.8 Å². The number of aliphatic carboxylic acids is 1. The quantitative estimate of drug-likeness (QED) is 0.444. The molecule has 0 aromatic heterocycles. The molecule has 6 nitrogen and oxygen atoms in total. The van der Waals surface area contributed by atoms with Crippen LogP contribution in [0.2, 0.25) is 0 Å². The maximum absolute atomic E-state index is 13.7. The van der Waals surface area contributed by atoms with E-state index in [0.717, 1.165) is 12.1 Å². The predicted molar refractivity (Wildman–Crippen MR) is 76.6 cm³/mol. The zero-order chi connectivity index (χ0) is 19.6. The van der Waals surface area contributed by atoms with Crippen LogP contribution in [0.5, 0.6) is 5.75 Å². The second kappa shape index (κ2) is 7.15. The van der Waals surface area contributed by atoms with E-state index in [0.29, 0.717) is 0 Å². The van der Waals surface area contributed by atoms with E-state index in [1.807, 2.05) is 0 Å². The molecule has 140 valence electrons. The molecule has 0 saturated carbocycles. The molecular formula is C14H8F5NO5S. The third kappa shape index (κ3) is 3.69. The van der Waals surface area contributed by atoms with Crippen molar-refractivity contribution < 1.29 is 45.0 Å². The number of carboxylic acids is 1. The number of ether oxygens (including phenoxy) is 1. The molecule has 0 aliphatic heterocycles. The van der Waals surface area contributed by atoms with Crippen molar-refractivity contribution >= 4 is 21.7 Å². The van der Waals surface area contributed by atoms with Gasteiger partial charge in [-0.2, -0.15) is 0 Å². The van der Waals surface area contributed by atoms with Crippen molar-refractivity contribution in [3.8, 4) is 5.75 Å². The van der Waals surface area contributed by atoms with E-state index in [9.17, 15) is 35.2 Å². The summed E-state index contributed by atoms with van der Waals surface area (Å²) >= 11 is 0. The van der Waals surface area contributed by atoms with Crippen molar-refractivity contribution in [1.82, 2.24) is 0 Å². The largest absolute Gasteiger partial charge is 0.480 e. The molecule has 0 fully saturated rings. The molecule has 2 aromatic carbocycles. The summed E-state index contributed by atoms with van der Waals surface area (Å²) in [5.41, 5.74) is -0.474. The fourth-order valence-corrected chi connectivity index (χ4v) is 3.04. The highest BCUT2D eigenvalue weighted by molar-refractivity contribution is 7.92. The van der Waals surface area contributed by atoms with Gasteiger partial charge in [-0.05, 0) is 12.1 Å². The van der Waals surface area contributed by atoms with Gasteiger partial charge >= 0.3 is 5.97 Å². The highest BCUT2D eigenvalue weighted by Crippen LogP contribution is 2.31. The molecule has 26 heavy (non-hydrogen) atoms. The summed E-state index contributed by atoms with van der Waals surface area (Å²) < 4.78 is 97.5. The number of benzene rings is 2. The standard InChI is InChI=1S/C14H8F5NO5S/c15-9-10(16)12(18)14(13(19)11(9)17)26(23,24)20-6-3-1-2-4-7(6)25-5-8(21)22/h1-4,20H,5H2,(H,21,22). The van der Waals surface area contributed by atoms with Gasteiger partial charge in [0.05, 0.1) is 5.69 Å². The lowest BCUT2D eigenvalue weighted by molar-refractivity contribution is -0.139. The fraction of sp³-hybridized carbons (Fsp3) is 0.0714. The maximum atomic E-state index is 13.7. The van der Waals surface area contributed by atoms with Crippen molar-refractivity contribution in [3.05, 3.63) is 53.4 Å². The lowest BCUT2D eigenvalue weighted by atomic mass is 10.3. The van der Waals surface area contributed by atoms with Crippen molar-refractivity contribution in [1.29, 1.82) is 0 Å². The lowest BCUT2D eigenvalue weighted by Gasteiger charge is -2.14. The van der Waals surface area contributed by atoms with Crippen LogP contribution in [0.3, 0.4) is 0 Å². The molecule has 2 N–H and O–H groups in total. The van der Waals surface area contributed by atoms with Gasteiger partial charge in [0.2, 0.25) is 5.82 Å². The van der Waals surface area contributed by atoms with Crippen LogP contribution in [0.4, 0.5) is 27.6 Å². The summed E-state index contributed by atoms with van der Waals surface area (Å²) in [6.07, 6.45) is 0. The molecule has 0 aliphatic rings. The van der Waals surface area contributed by atoms with Gasteiger partial charge in [0, 0.05) is 0 Å². The van der Waals surface area contributed by atoms with Crippen molar-refractivity contribution in [2.24, 2.45) is 0 Å². The molecule has 0 radical (unpaired) electrons. The monoisotopic (exact) mass is 397 g/mol. The number of halogens is 5. The number of carbonyl (C=O) groups is 1. The van der Waals surface area contributed by atoms with Gasteiger partial charge in [-0.25, -0.2) is 35.2 Å². The number of hydrogen-bond donors (Lipinski definition) is 2. The molecule has 0 amide bonds. The molecule has 0 spiro atoms. The van der Waals surface area contributed by atoms with E-state index < -0.39 is 62.3 Å². The van der Waals surface area contributed by atoms with Crippen molar-refractivity contribution in [2.75, 3.05) is 11.3 Å². The van der Waals surface area contributed by atoms with E-state index >= 15 is 0 Å². The zero-order valence-electron chi connectivity index (χ0n) is 12.4. The minimum absolute atomic E-state index is 0.345. The summed E-state index contributed by atoms with van der Waals surface area (Å²) in [5, 5.41) is 8.55. The summed E-state index contributed by atoms with van der Waals surface area (Å²) in [5.74, 6) is -14.2. The first-order chi connectivity index (χ1) is 12.1. The molecule has 2 rings (SSSR count). The average Bonchev–Trinajstić information content (AvgIpc) is 2.57. The Morgan fingerprint density at radius 1 is 0.962 bits per heavy atom. The number of sulfonamides is 1. The summed E-state index contributed by atoms with van der Waals surface area (Å²) in [6.45, 7) is -0.874. The highest BCUT2D eigenvalue weighted by atomic mass is 32.2. The van der Waals surface area contributed by atoms with E-state index in [4.69, 9.17) is 9.84 Å². The number of hydrogen-bond acceptors (Lipinski definition) is 4. The minimum Gasteiger partial charge on any atom is -0.480 e. The Morgan fingerprint density at radius 2 is 1.46 bits per heavy atom. The average molecular weight is 397 g/mol. The van der Waals surface area contributed by atoms with Crippen LogP contribution in [0, 0.1) is 29.1 Å².